The van der Waals surface area contributed by atoms with Crippen molar-refractivity contribution in [2.75, 3.05) is 7.05 Å². The Morgan fingerprint density at radius 2 is 2.00 bits per heavy atom. The van der Waals surface area contributed by atoms with Gasteiger partial charge in [-0.1, -0.05) is 11.6 Å². The Kier molecular flexibility index (Phi) is 2.25. The highest BCUT2D eigenvalue weighted by atomic mass is 16.2. The summed E-state index contributed by atoms with van der Waals surface area (Å²) in [4.78, 5) is 17.8. The van der Waals surface area contributed by atoms with Crippen molar-refractivity contribution in [3.8, 4) is 0 Å². The third-order valence-electron chi connectivity index (χ3n) is 3.47. The van der Waals surface area contributed by atoms with Gasteiger partial charge in [-0.2, -0.15) is 0 Å². The molecule has 0 aromatic carbocycles. The van der Waals surface area contributed by atoms with Crippen molar-refractivity contribution in [2.45, 2.75) is 26.9 Å². The quantitative estimate of drug-likeness (QED) is 0.592. The van der Waals surface area contributed by atoms with Gasteiger partial charge in [-0.15, -0.1) is 0 Å². The van der Waals surface area contributed by atoms with Crippen molar-refractivity contribution in [3.63, 3.8) is 0 Å². The Bertz CT molecular complexity index is 404. The largest absolute Gasteiger partial charge is 0.319 e. The molecule has 2 rings (SSSR count). The maximum Gasteiger partial charge on any atom is 0.247 e. The Balaban J connectivity index is 2.47. The number of hydrogen-bond donors (Lipinski definition) is 0. The van der Waals surface area contributed by atoms with Crippen molar-refractivity contribution in [1.82, 2.24) is 4.90 Å². The Morgan fingerprint density at radius 3 is 2.67 bits per heavy atom. The average Bonchev–Trinajstić information content (AvgIpc) is 2.21. The van der Waals surface area contributed by atoms with E-state index in [-0.39, 0.29) is 18.0 Å². The zero-order chi connectivity index (χ0) is 11.2. The topological polar surface area (TPSA) is 32.7 Å². The lowest BCUT2D eigenvalue weighted by molar-refractivity contribution is -0.127. The highest BCUT2D eigenvalue weighted by Crippen LogP contribution is 2.31. The molecule has 80 valence electrons. The first-order chi connectivity index (χ1) is 7.02. The third kappa shape index (κ3) is 1.42. The molecule has 2 atom stereocenters. The van der Waals surface area contributed by atoms with E-state index in [4.69, 9.17) is 0 Å². The molecule has 1 amide bonds. The fourth-order valence-corrected chi connectivity index (χ4v) is 2.14. The second kappa shape index (κ2) is 3.33. The number of nitrogens with zero attached hydrogens (tertiary/aromatic N) is 2. The number of carbonyl (C=O) groups excluding carboxylic acids is 1. The van der Waals surface area contributed by atoms with Gasteiger partial charge in [0.25, 0.3) is 0 Å². The molecule has 0 N–H and O–H groups in total. The molecule has 3 nitrogen and oxygen atoms in total. The maximum atomic E-state index is 11.5. The first kappa shape index (κ1) is 10.1. The van der Waals surface area contributed by atoms with Crippen molar-refractivity contribution in [2.24, 2.45) is 10.9 Å². The van der Waals surface area contributed by atoms with Gasteiger partial charge in [0.15, 0.2) is 0 Å². The molecule has 0 saturated carbocycles. The first-order valence-electron chi connectivity index (χ1n) is 5.19. The van der Waals surface area contributed by atoms with E-state index in [0.717, 1.165) is 5.71 Å². The van der Waals surface area contributed by atoms with Crippen LogP contribution in [0.15, 0.2) is 28.3 Å². The predicted molar refractivity (Wildman–Crippen MR) is 60.7 cm³/mol. The Hall–Kier alpha value is -1.38. The monoisotopic (exact) mass is 204 g/mol. The number of allylic oxidation sites excluding steroid dienone is 1. The lowest BCUT2D eigenvalue weighted by Gasteiger charge is -2.37. The van der Waals surface area contributed by atoms with Gasteiger partial charge in [-0.05, 0) is 32.4 Å². The van der Waals surface area contributed by atoms with Gasteiger partial charge in [0.1, 0.15) is 6.17 Å². The average molecular weight is 204 g/mol. The van der Waals surface area contributed by atoms with E-state index < -0.39 is 0 Å². The lowest BCUT2D eigenvalue weighted by atomic mass is 9.86. The molecular weight excluding hydrogens is 188 g/mol. The summed E-state index contributed by atoms with van der Waals surface area (Å²) < 4.78 is 0. The zero-order valence-electron chi connectivity index (χ0n) is 9.61. The molecule has 0 bridgehead atoms. The van der Waals surface area contributed by atoms with Crippen LogP contribution in [0, 0.1) is 5.92 Å². The highest BCUT2D eigenvalue weighted by molar-refractivity contribution is 6.00. The molecule has 15 heavy (non-hydrogen) atoms. The Morgan fingerprint density at radius 1 is 1.33 bits per heavy atom. The molecule has 2 aliphatic rings. The number of hydrogen-bond acceptors (Lipinski definition) is 2. The van der Waals surface area contributed by atoms with Gasteiger partial charge in [0, 0.05) is 18.7 Å². The van der Waals surface area contributed by atoms with E-state index in [1.165, 1.54) is 11.1 Å². The second-order valence-corrected chi connectivity index (χ2v) is 4.27. The number of carbonyl (C=O) groups is 1. The number of aliphatic imine (C=N–C) groups is 1. The fraction of sp³-hybridized carbons (Fsp3) is 0.500. The molecule has 0 aliphatic carbocycles. The van der Waals surface area contributed by atoms with Gasteiger partial charge < -0.3 is 4.90 Å². The summed E-state index contributed by atoms with van der Waals surface area (Å²) >= 11 is 0. The summed E-state index contributed by atoms with van der Waals surface area (Å²) in [6, 6.07) is 0. The van der Waals surface area contributed by atoms with Gasteiger partial charge in [0.05, 0.1) is 0 Å². The van der Waals surface area contributed by atoms with Crippen LogP contribution in [0.3, 0.4) is 0 Å². The summed E-state index contributed by atoms with van der Waals surface area (Å²) in [5, 5.41) is 0. The van der Waals surface area contributed by atoms with Crippen molar-refractivity contribution >= 4 is 11.6 Å². The van der Waals surface area contributed by atoms with Gasteiger partial charge in [0.2, 0.25) is 5.91 Å². The minimum atomic E-state index is -0.0359. The molecule has 2 aliphatic heterocycles. The summed E-state index contributed by atoms with van der Waals surface area (Å²) in [6.45, 7) is 6.22. The van der Waals surface area contributed by atoms with E-state index in [0.29, 0.717) is 0 Å². The number of likely N-dealkylation sites (N-methyl/N-ethyl adjacent to an activating group) is 1. The van der Waals surface area contributed by atoms with E-state index in [2.05, 4.69) is 18.8 Å². The molecule has 0 radical (unpaired) electrons. The summed E-state index contributed by atoms with van der Waals surface area (Å²) in [5.74, 6) is 0.302. The van der Waals surface area contributed by atoms with Crippen LogP contribution in [0.2, 0.25) is 0 Å². The number of dihydropyridines is 1. The van der Waals surface area contributed by atoms with Gasteiger partial charge in [-0.25, -0.2) is 0 Å². The maximum absolute atomic E-state index is 11.5. The van der Waals surface area contributed by atoms with E-state index in [9.17, 15) is 4.79 Å². The second-order valence-electron chi connectivity index (χ2n) is 4.27. The lowest BCUT2D eigenvalue weighted by Crippen LogP contribution is -2.45. The molecule has 0 aromatic heterocycles. The zero-order valence-corrected chi connectivity index (χ0v) is 9.61. The molecule has 0 fully saturated rings. The van der Waals surface area contributed by atoms with Crippen LogP contribution in [-0.2, 0) is 4.79 Å². The number of fused-ring (bicyclic) bond motifs is 1. The van der Waals surface area contributed by atoms with E-state index in [1.54, 1.807) is 11.0 Å². The predicted octanol–water partition coefficient (Wildman–Crippen LogP) is 1.77. The number of amides is 1. The molecule has 0 spiro atoms. The van der Waals surface area contributed by atoms with Gasteiger partial charge in [-0.3, -0.25) is 9.79 Å². The van der Waals surface area contributed by atoms with Crippen molar-refractivity contribution in [1.29, 1.82) is 0 Å². The molecular formula is C12H16N2O. The van der Waals surface area contributed by atoms with E-state index >= 15 is 0 Å². The van der Waals surface area contributed by atoms with Crippen molar-refractivity contribution < 1.29 is 4.79 Å². The summed E-state index contributed by atoms with van der Waals surface area (Å²) in [6.07, 6.45) is 3.58. The van der Waals surface area contributed by atoms with Crippen LogP contribution in [0.25, 0.3) is 0 Å². The molecule has 3 heteroatoms. The van der Waals surface area contributed by atoms with Crippen LogP contribution in [-0.4, -0.2) is 29.7 Å². The highest BCUT2D eigenvalue weighted by Gasteiger charge is 2.33. The molecule has 2 unspecified atom stereocenters. The van der Waals surface area contributed by atoms with E-state index in [1.807, 2.05) is 20.0 Å². The summed E-state index contributed by atoms with van der Waals surface area (Å²) in [7, 11) is 1.81. The summed E-state index contributed by atoms with van der Waals surface area (Å²) in [5.41, 5.74) is 3.62. The van der Waals surface area contributed by atoms with Crippen LogP contribution in [0.4, 0.5) is 0 Å². The molecule has 2 heterocycles. The molecule has 0 saturated heterocycles. The normalized spacial score (nSPS) is 30.5. The van der Waals surface area contributed by atoms with Gasteiger partial charge >= 0.3 is 0 Å². The fourth-order valence-electron chi connectivity index (χ4n) is 2.14. The number of rotatable bonds is 0. The van der Waals surface area contributed by atoms with Crippen LogP contribution >= 0.6 is 0 Å². The molecule has 0 aromatic rings. The van der Waals surface area contributed by atoms with Crippen LogP contribution in [0.1, 0.15) is 20.8 Å². The minimum absolute atomic E-state index is 0.0359. The smallest absolute Gasteiger partial charge is 0.247 e. The minimum Gasteiger partial charge on any atom is -0.319 e. The van der Waals surface area contributed by atoms with Crippen molar-refractivity contribution in [3.05, 3.63) is 23.3 Å². The SMILES string of the molecule is CC1=NC2C(C=CC(=O)N2C)C(C)=C1C. The standard InChI is InChI=1S/C12H16N2O/c1-7-8(2)10-5-6-11(15)14(4)12(10)13-9(7)3/h5-6,10,12H,1-4H3. The van der Waals surface area contributed by atoms with Crippen LogP contribution < -0.4 is 0 Å². The third-order valence-corrected chi connectivity index (χ3v) is 3.47. The first-order valence-corrected chi connectivity index (χ1v) is 5.19. The van der Waals surface area contributed by atoms with Crippen LogP contribution in [0.5, 0.6) is 0 Å². The Labute approximate surface area is 90.2 Å².